The average molecular weight is 341 g/mol. The number of piperidine rings is 1. The monoisotopic (exact) mass is 341 g/mol. The summed E-state index contributed by atoms with van der Waals surface area (Å²) < 4.78 is 16.6. The van der Waals surface area contributed by atoms with E-state index in [0.717, 1.165) is 36.8 Å². The fourth-order valence-corrected chi connectivity index (χ4v) is 3.55. The molecule has 25 heavy (non-hydrogen) atoms. The summed E-state index contributed by atoms with van der Waals surface area (Å²) in [6, 6.07) is 16.3. The fraction of sp³-hybridized carbons (Fsp3) is 0.429. The number of hydrogen-bond acceptors (Lipinski definition) is 4. The highest BCUT2D eigenvalue weighted by atomic mass is 16.5. The van der Waals surface area contributed by atoms with Gasteiger partial charge in [0.1, 0.15) is 17.2 Å². The van der Waals surface area contributed by atoms with Gasteiger partial charge in [0.25, 0.3) is 0 Å². The van der Waals surface area contributed by atoms with E-state index in [1.807, 2.05) is 24.3 Å². The summed E-state index contributed by atoms with van der Waals surface area (Å²) in [6.45, 7) is 2.88. The van der Waals surface area contributed by atoms with E-state index in [2.05, 4.69) is 36.2 Å². The van der Waals surface area contributed by atoms with Gasteiger partial charge in [-0.15, -0.1) is 0 Å². The molecular formula is C21H27NO3. The van der Waals surface area contributed by atoms with Gasteiger partial charge in [-0.2, -0.15) is 0 Å². The molecule has 4 heteroatoms. The fourth-order valence-electron chi connectivity index (χ4n) is 3.55. The molecule has 0 bridgehead atoms. The number of ether oxygens (including phenoxy) is 3. The minimum Gasteiger partial charge on any atom is -0.497 e. The lowest BCUT2D eigenvalue weighted by molar-refractivity contribution is 0.129. The first-order valence-electron chi connectivity index (χ1n) is 8.79. The van der Waals surface area contributed by atoms with E-state index in [1.54, 1.807) is 14.2 Å². The second kappa shape index (κ2) is 8.26. The zero-order chi connectivity index (χ0) is 17.6. The molecule has 0 aromatic heterocycles. The normalized spacial score (nSPS) is 20.9. The first kappa shape index (κ1) is 17.6. The van der Waals surface area contributed by atoms with Gasteiger partial charge >= 0.3 is 0 Å². The topological polar surface area (TPSA) is 30.9 Å². The summed E-state index contributed by atoms with van der Waals surface area (Å²) >= 11 is 0. The second-order valence-corrected chi connectivity index (χ2v) is 6.68. The molecule has 0 unspecified atom stereocenters. The van der Waals surface area contributed by atoms with E-state index in [-0.39, 0.29) is 0 Å². The van der Waals surface area contributed by atoms with Crippen LogP contribution in [0.15, 0.2) is 48.5 Å². The first-order chi connectivity index (χ1) is 12.2. The number of likely N-dealkylation sites (tertiary alicyclic amines) is 1. The van der Waals surface area contributed by atoms with Crippen molar-refractivity contribution in [2.24, 2.45) is 5.92 Å². The minimum absolute atomic E-state index is 0.467. The number of nitrogens with zero attached hydrogens (tertiary/aromatic N) is 1. The molecule has 0 radical (unpaired) electrons. The van der Waals surface area contributed by atoms with Crippen molar-refractivity contribution in [3.8, 4) is 17.2 Å². The molecule has 0 spiro atoms. The average Bonchev–Trinajstić information content (AvgIpc) is 2.67. The smallest absolute Gasteiger partial charge is 0.119 e. The highest BCUT2D eigenvalue weighted by molar-refractivity contribution is 5.32. The van der Waals surface area contributed by atoms with Crippen molar-refractivity contribution in [1.82, 2.24) is 4.90 Å². The molecule has 0 aliphatic carbocycles. The maximum Gasteiger partial charge on any atom is 0.119 e. The number of methoxy groups -OCH3 is 2. The zero-order valence-electron chi connectivity index (χ0n) is 15.3. The van der Waals surface area contributed by atoms with Gasteiger partial charge in [0, 0.05) is 12.5 Å². The maximum absolute atomic E-state index is 6.08. The van der Waals surface area contributed by atoms with E-state index < -0.39 is 0 Å². The molecule has 4 nitrogen and oxygen atoms in total. The lowest BCUT2D eigenvalue weighted by atomic mass is 9.81. The molecule has 1 heterocycles. The van der Waals surface area contributed by atoms with Crippen LogP contribution in [0.25, 0.3) is 0 Å². The Morgan fingerprint density at radius 1 is 0.880 bits per heavy atom. The van der Waals surface area contributed by atoms with E-state index in [9.17, 15) is 0 Å². The van der Waals surface area contributed by atoms with E-state index in [0.29, 0.717) is 18.4 Å². The molecule has 134 valence electrons. The third-order valence-corrected chi connectivity index (χ3v) is 5.00. The van der Waals surface area contributed by atoms with Crippen molar-refractivity contribution in [2.45, 2.75) is 12.3 Å². The van der Waals surface area contributed by atoms with Crippen LogP contribution in [0, 0.1) is 5.92 Å². The molecule has 2 atom stereocenters. The molecule has 1 aliphatic heterocycles. The van der Waals surface area contributed by atoms with Gasteiger partial charge in [0.15, 0.2) is 0 Å². The SMILES string of the molecule is COc1ccc(OC[C@@H]2CN(C)CC[C@@H]2c2ccc(OC)cc2)cc1. The minimum atomic E-state index is 0.467. The lowest BCUT2D eigenvalue weighted by Gasteiger charge is -2.37. The van der Waals surface area contributed by atoms with Gasteiger partial charge in [-0.3, -0.25) is 0 Å². The quantitative estimate of drug-likeness (QED) is 0.799. The van der Waals surface area contributed by atoms with Gasteiger partial charge in [-0.25, -0.2) is 0 Å². The van der Waals surface area contributed by atoms with Gasteiger partial charge in [0.2, 0.25) is 0 Å². The lowest BCUT2D eigenvalue weighted by Crippen LogP contribution is -2.39. The predicted molar refractivity (Wildman–Crippen MR) is 99.8 cm³/mol. The van der Waals surface area contributed by atoms with Crippen LogP contribution in [0.1, 0.15) is 17.9 Å². The van der Waals surface area contributed by atoms with Crippen LogP contribution >= 0.6 is 0 Å². The van der Waals surface area contributed by atoms with Gasteiger partial charge in [-0.05, 0) is 67.9 Å². The molecule has 1 fully saturated rings. The molecule has 3 rings (SSSR count). The van der Waals surface area contributed by atoms with Crippen LogP contribution in [-0.4, -0.2) is 45.9 Å². The Morgan fingerprint density at radius 2 is 1.44 bits per heavy atom. The summed E-state index contributed by atoms with van der Waals surface area (Å²) in [7, 11) is 5.56. The third kappa shape index (κ3) is 4.45. The summed E-state index contributed by atoms with van der Waals surface area (Å²) in [6.07, 6.45) is 1.15. The van der Waals surface area contributed by atoms with Gasteiger partial charge < -0.3 is 19.1 Å². The van der Waals surface area contributed by atoms with E-state index in [4.69, 9.17) is 14.2 Å². The van der Waals surface area contributed by atoms with Crippen molar-refractivity contribution in [3.05, 3.63) is 54.1 Å². The Hall–Kier alpha value is -2.20. The molecule has 0 amide bonds. The van der Waals surface area contributed by atoms with Crippen LogP contribution in [0.3, 0.4) is 0 Å². The summed E-state index contributed by atoms with van der Waals surface area (Å²) in [5.41, 5.74) is 1.37. The number of hydrogen-bond donors (Lipinski definition) is 0. The predicted octanol–water partition coefficient (Wildman–Crippen LogP) is 3.82. The van der Waals surface area contributed by atoms with Crippen molar-refractivity contribution < 1.29 is 14.2 Å². The first-order valence-corrected chi connectivity index (χ1v) is 8.79. The van der Waals surface area contributed by atoms with Crippen LogP contribution in [-0.2, 0) is 0 Å². The van der Waals surface area contributed by atoms with Crippen molar-refractivity contribution in [2.75, 3.05) is 41.0 Å². The Kier molecular flexibility index (Phi) is 5.82. The second-order valence-electron chi connectivity index (χ2n) is 6.68. The van der Waals surface area contributed by atoms with Crippen LogP contribution in [0.2, 0.25) is 0 Å². The largest absolute Gasteiger partial charge is 0.497 e. The zero-order valence-corrected chi connectivity index (χ0v) is 15.3. The van der Waals surface area contributed by atoms with Crippen molar-refractivity contribution >= 4 is 0 Å². The van der Waals surface area contributed by atoms with E-state index in [1.165, 1.54) is 5.56 Å². The van der Waals surface area contributed by atoms with Gasteiger partial charge in [-0.1, -0.05) is 12.1 Å². The number of rotatable bonds is 6. The molecule has 1 saturated heterocycles. The molecule has 2 aromatic carbocycles. The van der Waals surface area contributed by atoms with E-state index >= 15 is 0 Å². The molecule has 0 saturated carbocycles. The summed E-state index contributed by atoms with van der Waals surface area (Å²) in [4.78, 5) is 2.39. The number of benzene rings is 2. The highest BCUT2D eigenvalue weighted by Gasteiger charge is 2.29. The van der Waals surface area contributed by atoms with Crippen molar-refractivity contribution in [3.63, 3.8) is 0 Å². The van der Waals surface area contributed by atoms with Crippen LogP contribution in [0.5, 0.6) is 17.2 Å². The Morgan fingerprint density at radius 3 is 2.04 bits per heavy atom. The highest BCUT2D eigenvalue weighted by Crippen LogP contribution is 2.34. The van der Waals surface area contributed by atoms with Gasteiger partial charge in [0.05, 0.1) is 20.8 Å². The Labute approximate surface area is 150 Å². The standard InChI is InChI=1S/C21H27NO3/c1-22-13-12-21(16-4-6-18(23-2)7-5-16)17(14-22)15-25-20-10-8-19(24-3)9-11-20/h4-11,17,21H,12-15H2,1-3H3/t17-,21+/m0/s1. The van der Waals surface area contributed by atoms with Crippen LogP contribution < -0.4 is 14.2 Å². The molecule has 2 aromatic rings. The summed E-state index contributed by atoms with van der Waals surface area (Å²) in [5.74, 6) is 3.63. The van der Waals surface area contributed by atoms with Crippen molar-refractivity contribution in [1.29, 1.82) is 0 Å². The third-order valence-electron chi connectivity index (χ3n) is 5.00. The molecular weight excluding hydrogens is 314 g/mol. The Balaban J connectivity index is 1.68. The maximum atomic E-state index is 6.08. The van der Waals surface area contributed by atoms with Crippen LogP contribution in [0.4, 0.5) is 0 Å². The summed E-state index contributed by atoms with van der Waals surface area (Å²) in [5, 5.41) is 0. The molecule has 0 N–H and O–H groups in total. The molecule has 1 aliphatic rings. The Bertz CT molecular complexity index is 654.